The zero-order valence-corrected chi connectivity index (χ0v) is 11.8. The highest BCUT2D eigenvalue weighted by Crippen LogP contribution is 2.23. The number of amides is 1. The first kappa shape index (κ1) is 13.4. The molecule has 1 aromatic carbocycles. The van der Waals surface area contributed by atoms with Crippen molar-refractivity contribution in [3.63, 3.8) is 0 Å². The van der Waals surface area contributed by atoms with Crippen molar-refractivity contribution in [1.82, 2.24) is 4.98 Å². The lowest BCUT2D eigenvalue weighted by molar-refractivity contribution is 0.102. The number of nitrogen functional groups attached to an aromatic ring is 1. The van der Waals surface area contributed by atoms with Crippen LogP contribution in [0.2, 0.25) is 0 Å². The summed E-state index contributed by atoms with van der Waals surface area (Å²) in [5.41, 5.74) is 6.62. The Bertz CT molecular complexity index is 617. The summed E-state index contributed by atoms with van der Waals surface area (Å²) in [5, 5.41) is 2.70. The fraction of sp³-hybridized carbons (Fsp3) is 0.0769. The van der Waals surface area contributed by atoms with E-state index in [-0.39, 0.29) is 5.91 Å². The number of nitrogens with zero attached hydrogens (tertiary/aromatic N) is 1. The van der Waals surface area contributed by atoms with Crippen molar-refractivity contribution in [3.8, 4) is 5.75 Å². The van der Waals surface area contributed by atoms with Crippen LogP contribution in [0.4, 0.5) is 11.5 Å². The van der Waals surface area contributed by atoms with E-state index in [2.05, 4.69) is 26.2 Å². The Morgan fingerprint density at radius 2 is 2.21 bits per heavy atom. The van der Waals surface area contributed by atoms with Crippen LogP contribution in [-0.4, -0.2) is 18.0 Å². The first-order valence-electron chi connectivity index (χ1n) is 5.47. The Morgan fingerprint density at radius 3 is 2.84 bits per heavy atom. The number of nitrogens with two attached hydrogens (primary N) is 1. The molecule has 0 unspecified atom stereocenters. The zero-order chi connectivity index (χ0) is 13.8. The number of benzene rings is 1. The van der Waals surface area contributed by atoms with Gasteiger partial charge in [-0.2, -0.15) is 0 Å². The highest BCUT2D eigenvalue weighted by Gasteiger charge is 2.10. The molecule has 0 aliphatic carbocycles. The highest BCUT2D eigenvalue weighted by atomic mass is 79.9. The van der Waals surface area contributed by atoms with Crippen molar-refractivity contribution in [2.45, 2.75) is 0 Å². The Morgan fingerprint density at radius 1 is 1.42 bits per heavy atom. The fourth-order valence-corrected chi connectivity index (χ4v) is 1.89. The Balaban J connectivity index is 2.21. The molecule has 0 aliphatic heterocycles. The third-order valence-corrected chi connectivity index (χ3v) is 3.12. The van der Waals surface area contributed by atoms with Gasteiger partial charge >= 0.3 is 0 Å². The summed E-state index contributed by atoms with van der Waals surface area (Å²) in [6.07, 6.45) is 1.60. The summed E-state index contributed by atoms with van der Waals surface area (Å²) in [5.74, 6) is 0.714. The number of anilines is 2. The smallest absolute Gasteiger partial charge is 0.256 e. The molecule has 1 amide bonds. The number of nitrogens with one attached hydrogen (secondary N) is 1. The summed E-state index contributed by atoms with van der Waals surface area (Å²) in [7, 11) is 1.52. The maximum Gasteiger partial charge on any atom is 0.256 e. The second kappa shape index (κ2) is 5.71. The molecule has 0 bridgehead atoms. The van der Waals surface area contributed by atoms with Crippen LogP contribution in [0.5, 0.6) is 5.75 Å². The van der Waals surface area contributed by atoms with Crippen LogP contribution in [0.3, 0.4) is 0 Å². The van der Waals surface area contributed by atoms with Gasteiger partial charge in [0.2, 0.25) is 0 Å². The number of carbonyl (C=O) groups excluding carboxylic acids is 1. The minimum Gasteiger partial charge on any atom is -0.495 e. The molecule has 2 aromatic rings. The molecule has 1 heterocycles. The van der Waals surface area contributed by atoms with Crippen molar-refractivity contribution in [2.24, 2.45) is 0 Å². The van der Waals surface area contributed by atoms with Crippen LogP contribution >= 0.6 is 15.9 Å². The van der Waals surface area contributed by atoms with Gasteiger partial charge < -0.3 is 15.8 Å². The largest absolute Gasteiger partial charge is 0.495 e. The molecule has 0 saturated heterocycles. The van der Waals surface area contributed by atoms with Gasteiger partial charge in [-0.05, 0) is 46.3 Å². The van der Waals surface area contributed by atoms with Gasteiger partial charge in [0.15, 0.2) is 0 Å². The van der Waals surface area contributed by atoms with Crippen molar-refractivity contribution in [1.29, 1.82) is 0 Å². The molecule has 0 saturated carbocycles. The van der Waals surface area contributed by atoms with Crippen LogP contribution in [0, 0.1) is 0 Å². The van der Waals surface area contributed by atoms with Crippen LogP contribution in [0.25, 0.3) is 0 Å². The second-order valence-corrected chi connectivity index (χ2v) is 4.60. The summed E-state index contributed by atoms with van der Waals surface area (Å²) < 4.78 is 5.75. The molecule has 0 aliphatic rings. The normalized spacial score (nSPS) is 10.0. The Labute approximate surface area is 118 Å². The van der Waals surface area contributed by atoms with Gasteiger partial charge in [0.05, 0.1) is 17.3 Å². The number of halogens is 1. The zero-order valence-electron chi connectivity index (χ0n) is 10.2. The molecule has 0 radical (unpaired) electrons. The lowest BCUT2D eigenvalue weighted by atomic mass is 10.2. The van der Waals surface area contributed by atoms with E-state index in [4.69, 9.17) is 10.5 Å². The summed E-state index contributed by atoms with van der Waals surface area (Å²) in [4.78, 5) is 16.1. The maximum absolute atomic E-state index is 12.0. The van der Waals surface area contributed by atoms with Gasteiger partial charge in [0.1, 0.15) is 11.6 Å². The van der Waals surface area contributed by atoms with Crippen LogP contribution in [0.1, 0.15) is 10.4 Å². The second-order valence-electron chi connectivity index (χ2n) is 3.74. The predicted molar refractivity (Wildman–Crippen MR) is 77.3 cm³/mol. The molecule has 0 atom stereocenters. The van der Waals surface area contributed by atoms with E-state index in [0.29, 0.717) is 27.3 Å². The van der Waals surface area contributed by atoms with E-state index < -0.39 is 0 Å². The van der Waals surface area contributed by atoms with Gasteiger partial charge in [0, 0.05) is 11.8 Å². The number of ether oxygens (including phenoxy) is 1. The average molecular weight is 322 g/mol. The molecule has 3 N–H and O–H groups in total. The molecule has 0 spiro atoms. The number of aromatic nitrogens is 1. The van der Waals surface area contributed by atoms with Crippen LogP contribution in [0.15, 0.2) is 41.0 Å². The summed E-state index contributed by atoms with van der Waals surface area (Å²) in [6, 6.07) is 8.42. The van der Waals surface area contributed by atoms with E-state index in [0.717, 1.165) is 0 Å². The topological polar surface area (TPSA) is 77.2 Å². The van der Waals surface area contributed by atoms with E-state index in [1.807, 2.05) is 0 Å². The molecule has 19 heavy (non-hydrogen) atoms. The fourth-order valence-electron chi connectivity index (χ4n) is 1.53. The predicted octanol–water partition coefficient (Wildman–Crippen LogP) is 2.69. The first-order chi connectivity index (χ1) is 9.11. The summed E-state index contributed by atoms with van der Waals surface area (Å²) in [6.45, 7) is 0. The van der Waals surface area contributed by atoms with Crippen molar-refractivity contribution in [2.75, 3.05) is 18.2 Å². The number of rotatable bonds is 3. The average Bonchev–Trinajstić information content (AvgIpc) is 2.41. The minimum atomic E-state index is -0.284. The first-order valence-corrected chi connectivity index (χ1v) is 6.26. The maximum atomic E-state index is 12.0. The van der Waals surface area contributed by atoms with E-state index in [1.54, 1.807) is 36.5 Å². The van der Waals surface area contributed by atoms with Crippen molar-refractivity contribution < 1.29 is 9.53 Å². The lowest BCUT2D eigenvalue weighted by Crippen LogP contribution is -2.13. The van der Waals surface area contributed by atoms with E-state index in [9.17, 15) is 4.79 Å². The van der Waals surface area contributed by atoms with Gasteiger partial charge in [-0.3, -0.25) is 4.79 Å². The molecule has 2 rings (SSSR count). The van der Waals surface area contributed by atoms with Gasteiger partial charge in [-0.15, -0.1) is 0 Å². The molecular formula is C13H12BrN3O2. The third-order valence-electron chi connectivity index (χ3n) is 2.48. The number of pyridine rings is 1. The molecule has 1 aromatic heterocycles. The van der Waals surface area contributed by atoms with Crippen molar-refractivity contribution in [3.05, 3.63) is 46.6 Å². The van der Waals surface area contributed by atoms with Gasteiger partial charge in [-0.25, -0.2) is 4.98 Å². The molecule has 98 valence electrons. The Kier molecular flexibility index (Phi) is 4.01. The summed E-state index contributed by atoms with van der Waals surface area (Å²) >= 11 is 3.31. The Hall–Kier alpha value is -2.08. The molecular weight excluding hydrogens is 310 g/mol. The number of carbonyl (C=O) groups is 1. The highest BCUT2D eigenvalue weighted by molar-refractivity contribution is 9.10. The van der Waals surface area contributed by atoms with Gasteiger partial charge in [0.25, 0.3) is 5.91 Å². The lowest BCUT2D eigenvalue weighted by Gasteiger charge is -2.08. The number of hydrogen-bond donors (Lipinski definition) is 2. The van der Waals surface area contributed by atoms with Crippen LogP contribution < -0.4 is 15.8 Å². The van der Waals surface area contributed by atoms with E-state index in [1.165, 1.54) is 7.11 Å². The van der Waals surface area contributed by atoms with Crippen molar-refractivity contribution >= 4 is 33.3 Å². The number of hydrogen-bond acceptors (Lipinski definition) is 4. The van der Waals surface area contributed by atoms with Gasteiger partial charge in [-0.1, -0.05) is 0 Å². The number of methoxy groups -OCH3 is 1. The van der Waals surface area contributed by atoms with Crippen LogP contribution in [-0.2, 0) is 0 Å². The molecule has 5 nitrogen and oxygen atoms in total. The molecule has 6 heteroatoms. The SMILES string of the molecule is COc1ccc(C(=O)Nc2ncccc2Br)cc1N. The van der Waals surface area contributed by atoms with E-state index >= 15 is 0 Å². The standard InChI is InChI=1S/C13H12BrN3O2/c1-19-11-5-4-8(7-10(11)15)13(18)17-12-9(14)3-2-6-16-12/h2-7H,15H2,1H3,(H,16,17,18). The third kappa shape index (κ3) is 3.03. The quantitative estimate of drug-likeness (QED) is 0.852. The minimum absolute atomic E-state index is 0.284. The monoisotopic (exact) mass is 321 g/mol. The molecule has 0 fully saturated rings.